The third-order valence-corrected chi connectivity index (χ3v) is 3.62. The summed E-state index contributed by atoms with van der Waals surface area (Å²) in [6.45, 7) is 0.656. The molecule has 0 bridgehead atoms. The minimum Gasteiger partial charge on any atom is -0.488 e. The van der Waals surface area contributed by atoms with Crippen molar-refractivity contribution >= 4 is 16.7 Å². The van der Waals surface area contributed by atoms with Crippen LogP contribution in [0.4, 0.5) is 0 Å². The Morgan fingerprint density at radius 3 is 2.85 bits per heavy atom. The molecule has 0 aromatic heterocycles. The standard InChI is InChI=1S/C16H17NO3/c1-19-16(18)14-9-12(10-17-14)20-15-8-4-6-11-5-2-3-7-13(11)15/h2-8,12,14,17H,9-10H2,1H3/t12-,14+/m1/s1. The minimum absolute atomic E-state index is 0.00935. The summed E-state index contributed by atoms with van der Waals surface area (Å²) in [5.41, 5.74) is 0. The lowest BCUT2D eigenvalue weighted by Crippen LogP contribution is -2.31. The maximum Gasteiger partial charge on any atom is 0.323 e. The fourth-order valence-corrected chi connectivity index (χ4v) is 2.59. The van der Waals surface area contributed by atoms with Gasteiger partial charge >= 0.3 is 5.97 Å². The highest BCUT2D eigenvalue weighted by Gasteiger charge is 2.31. The molecule has 1 heterocycles. The van der Waals surface area contributed by atoms with E-state index in [1.807, 2.05) is 30.3 Å². The Hall–Kier alpha value is -2.07. The Bertz CT molecular complexity index is 621. The smallest absolute Gasteiger partial charge is 0.323 e. The Labute approximate surface area is 117 Å². The summed E-state index contributed by atoms with van der Waals surface area (Å²) in [6, 6.07) is 13.9. The molecule has 0 saturated carbocycles. The van der Waals surface area contributed by atoms with Crippen LogP contribution in [0.3, 0.4) is 0 Å². The highest BCUT2D eigenvalue weighted by Crippen LogP contribution is 2.27. The summed E-state index contributed by atoms with van der Waals surface area (Å²) in [5.74, 6) is 0.634. The predicted molar refractivity (Wildman–Crippen MR) is 76.8 cm³/mol. The molecule has 4 heteroatoms. The first-order chi connectivity index (χ1) is 9.78. The molecule has 1 aliphatic heterocycles. The van der Waals surface area contributed by atoms with Gasteiger partial charge in [0.15, 0.2) is 0 Å². The van der Waals surface area contributed by atoms with E-state index in [1.165, 1.54) is 7.11 Å². The first kappa shape index (κ1) is 12.9. The third-order valence-electron chi connectivity index (χ3n) is 3.62. The molecule has 1 N–H and O–H groups in total. The van der Waals surface area contributed by atoms with E-state index in [0.29, 0.717) is 13.0 Å². The lowest BCUT2D eigenvalue weighted by Gasteiger charge is -2.14. The molecule has 104 valence electrons. The third kappa shape index (κ3) is 2.47. The second kappa shape index (κ2) is 5.51. The normalized spacial score (nSPS) is 21.9. The van der Waals surface area contributed by atoms with Gasteiger partial charge in [-0.15, -0.1) is 0 Å². The zero-order valence-electron chi connectivity index (χ0n) is 11.3. The molecular weight excluding hydrogens is 254 g/mol. The average Bonchev–Trinajstić information content (AvgIpc) is 2.95. The molecule has 0 spiro atoms. The van der Waals surface area contributed by atoms with E-state index in [1.54, 1.807) is 0 Å². The van der Waals surface area contributed by atoms with Crippen LogP contribution in [0.1, 0.15) is 6.42 Å². The number of carbonyl (C=O) groups excluding carboxylic acids is 1. The lowest BCUT2D eigenvalue weighted by atomic mass is 10.1. The van der Waals surface area contributed by atoms with Gasteiger partial charge in [0, 0.05) is 18.4 Å². The van der Waals surface area contributed by atoms with Crippen LogP contribution >= 0.6 is 0 Å². The fourth-order valence-electron chi connectivity index (χ4n) is 2.59. The van der Waals surface area contributed by atoms with Crippen molar-refractivity contribution in [3.8, 4) is 5.75 Å². The molecule has 2 aromatic carbocycles. The topological polar surface area (TPSA) is 47.6 Å². The molecule has 0 radical (unpaired) electrons. The summed E-state index contributed by atoms with van der Waals surface area (Å²) in [5, 5.41) is 5.37. The monoisotopic (exact) mass is 271 g/mol. The van der Waals surface area contributed by atoms with Crippen molar-refractivity contribution in [1.82, 2.24) is 5.32 Å². The first-order valence-corrected chi connectivity index (χ1v) is 6.73. The van der Waals surface area contributed by atoms with Gasteiger partial charge in [0.05, 0.1) is 7.11 Å². The summed E-state index contributed by atoms with van der Waals surface area (Å²) < 4.78 is 10.8. The van der Waals surface area contributed by atoms with E-state index in [9.17, 15) is 4.79 Å². The van der Waals surface area contributed by atoms with E-state index in [2.05, 4.69) is 17.4 Å². The molecule has 3 rings (SSSR count). The molecular formula is C16H17NO3. The number of hydrogen-bond acceptors (Lipinski definition) is 4. The van der Waals surface area contributed by atoms with Crippen LogP contribution in [-0.2, 0) is 9.53 Å². The summed E-state index contributed by atoms with van der Waals surface area (Å²) in [6.07, 6.45) is 0.625. The van der Waals surface area contributed by atoms with Gasteiger partial charge in [0.2, 0.25) is 0 Å². The number of esters is 1. The van der Waals surface area contributed by atoms with Crippen molar-refractivity contribution in [1.29, 1.82) is 0 Å². The number of nitrogens with one attached hydrogen (secondary N) is 1. The molecule has 20 heavy (non-hydrogen) atoms. The fraction of sp³-hybridized carbons (Fsp3) is 0.312. The van der Waals surface area contributed by atoms with Crippen LogP contribution in [0.25, 0.3) is 10.8 Å². The van der Waals surface area contributed by atoms with Crippen molar-refractivity contribution in [3.05, 3.63) is 42.5 Å². The van der Waals surface area contributed by atoms with Gasteiger partial charge in [-0.3, -0.25) is 4.79 Å². The number of ether oxygens (including phenoxy) is 2. The van der Waals surface area contributed by atoms with Crippen LogP contribution in [0.15, 0.2) is 42.5 Å². The number of methoxy groups -OCH3 is 1. The van der Waals surface area contributed by atoms with E-state index < -0.39 is 0 Å². The largest absolute Gasteiger partial charge is 0.488 e. The lowest BCUT2D eigenvalue weighted by molar-refractivity contribution is -0.142. The molecule has 0 amide bonds. The Morgan fingerprint density at radius 2 is 2.00 bits per heavy atom. The Morgan fingerprint density at radius 1 is 1.20 bits per heavy atom. The summed E-state index contributed by atoms with van der Waals surface area (Å²) in [4.78, 5) is 11.5. The first-order valence-electron chi connectivity index (χ1n) is 6.73. The van der Waals surface area contributed by atoms with Crippen molar-refractivity contribution in [2.45, 2.75) is 18.6 Å². The molecule has 2 atom stereocenters. The van der Waals surface area contributed by atoms with Gasteiger partial charge in [-0.2, -0.15) is 0 Å². The predicted octanol–water partition coefficient (Wildman–Crippen LogP) is 2.12. The molecule has 2 aromatic rings. The zero-order valence-corrected chi connectivity index (χ0v) is 11.3. The van der Waals surface area contributed by atoms with Crippen molar-refractivity contribution in [3.63, 3.8) is 0 Å². The summed E-state index contributed by atoms with van der Waals surface area (Å²) >= 11 is 0. The van der Waals surface area contributed by atoms with Gasteiger partial charge in [-0.05, 0) is 11.5 Å². The van der Waals surface area contributed by atoms with Gasteiger partial charge in [0.25, 0.3) is 0 Å². The maximum atomic E-state index is 11.5. The number of hydrogen-bond donors (Lipinski definition) is 1. The van der Waals surface area contributed by atoms with Crippen LogP contribution < -0.4 is 10.1 Å². The molecule has 1 saturated heterocycles. The SMILES string of the molecule is COC(=O)[C@@H]1C[C@@H](Oc2cccc3ccccc23)CN1. The minimum atomic E-state index is -0.264. The number of fused-ring (bicyclic) bond motifs is 1. The Kier molecular flexibility index (Phi) is 3.56. The van der Waals surface area contributed by atoms with E-state index in [-0.39, 0.29) is 18.1 Å². The highest BCUT2D eigenvalue weighted by molar-refractivity contribution is 5.88. The number of rotatable bonds is 3. The zero-order chi connectivity index (χ0) is 13.9. The van der Waals surface area contributed by atoms with Gasteiger partial charge < -0.3 is 14.8 Å². The van der Waals surface area contributed by atoms with E-state index in [4.69, 9.17) is 9.47 Å². The maximum absolute atomic E-state index is 11.5. The second-order valence-corrected chi connectivity index (χ2v) is 4.94. The quantitative estimate of drug-likeness (QED) is 0.869. The average molecular weight is 271 g/mol. The summed E-state index contributed by atoms with van der Waals surface area (Å²) in [7, 11) is 1.41. The van der Waals surface area contributed by atoms with Gasteiger partial charge in [0.1, 0.15) is 17.9 Å². The highest BCUT2D eigenvalue weighted by atomic mass is 16.5. The molecule has 1 fully saturated rings. The molecule has 0 aliphatic carbocycles. The molecule has 4 nitrogen and oxygen atoms in total. The van der Waals surface area contributed by atoms with E-state index >= 15 is 0 Å². The van der Waals surface area contributed by atoms with Crippen molar-refractivity contribution < 1.29 is 14.3 Å². The number of carbonyl (C=O) groups is 1. The van der Waals surface area contributed by atoms with Crippen LogP contribution in [-0.4, -0.2) is 31.8 Å². The second-order valence-electron chi connectivity index (χ2n) is 4.94. The van der Waals surface area contributed by atoms with Crippen molar-refractivity contribution in [2.75, 3.05) is 13.7 Å². The molecule has 1 aliphatic rings. The Balaban J connectivity index is 1.76. The van der Waals surface area contributed by atoms with Crippen LogP contribution in [0, 0.1) is 0 Å². The number of benzene rings is 2. The molecule has 0 unspecified atom stereocenters. The van der Waals surface area contributed by atoms with Gasteiger partial charge in [-0.1, -0.05) is 36.4 Å². The van der Waals surface area contributed by atoms with Crippen molar-refractivity contribution in [2.24, 2.45) is 0 Å². The van der Waals surface area contributed by atoms with Crippen LogP contribution in [0.2, 0.25) is 0 Å². The van der Waals surface area contributed by atoms with Crippen LogP contribution in [0.5, 0.6) is 5.75 Å². The van der Waals surface area contributed by atoms with E-state index in [0.717, 1.165) is 16.5 Å². The van der Waals surface area contributed by atoms with Gasteiger partial charge in [-0.25, -0.2) is 0 Å².